The van der Waals surface area contributed by atoms with Crippen LogP contribution in [-0.2, 0) is 9.53 Å². The fraction of sp³-hybridized carbons (Fsp3) is 0.444. The minimum Gasteiger partial charge on any atom is -0.466 e. The van der Waals surface area contributed by atoms with Crippen LogP contribution in [0.3, 0.4) is 0 Å². The molecule has 0 aliphatic heterocycles. The van der Waals surface area contributed by atoms with Crippen LogP contribution in [0.4, 0.5) is 0 Å². The molecule has 0 radical (unpaired) electrons. The van der Waals surface area contributed by atoms with Gasteiger partial charge in [0.05, 0.1) is 13.0 Å². The molecule has 0 fully saturated rings. The molecule has 1 aromatic rings. The van der Waals surface area contributed by atoms with E-state index in [2.05, 4.69) is 15.9 Å². The van der Waals surface area contributed by atoms with Crippen LogP contribution in [0.2, 0.25) is 0 Å². The van der Waals surface area contributed by atoms with Gasteiger partial charge < -0.3 is 10.5 Å². The van der Waals surface area contributed by atoms with Crippen molar-refractivity contribution in [2.45, 2.75) is 19.4 Å². The summed E-state index contributed by atoms with van der Waals surface area (Å²) in [4.78, 5) is 12.1. The molecule has 0 aliphatic carbocycles. The van der Waals surface area contributed by atoms with Crippen molar-refractivity contribution in [3.05, 3.63) is 20.8 Å². The number of nitrogens with two attached hydrogens (primary N) is 1. The third-order valence-corrected chi connectivity index (χ3v) is 3.47. The summed E-state index contributed by atoms with van der Waals surface area (Å²) in [6.07, 6.45) is 0.237. The van der Waals surface area contributed by atoms with E-state index in [1.807, 2.05) is 11.4 Å². The molecule has 2 N–H and O–H groups in total. The van der Waals surface area contributed by atoms with Crippen LogP contribution >= 0.6 is 27.3 Å². The monoisotopic (exact) mass is 277 g/mol. The van der Waals surface area contributed by atoms with Gasteiger partial charge in [-0.3, -0.25) is 4.79 Å². The van der Waals surface area contributed by atoms with E-state index in [0.29, 0.717) is 6.61 Å². The maximum atomic E-state index is 11.1. The minimum atomic E-state index is -0.259. The lowest BCUT2D eigenvalue weighted by Gasteiger charge is -2.07. The number of rotatable bonds is 4. The van der Waals surface area contributed by atoms with Crippen molar-refractivity contribution < 1.29 is 9.53 Å². The molecule has 0 amide bonds. The average Bonchev–Trinajstić information content (AvgIpc) is 2.52. The highest BCUT2D eigenvalue weighted by molar-refractivity contribution is 9.10. The highest BCUT2D eigenvalue weighted by Gasteiger charge is 2.13. The molecule has 0 bridgehead atoms. The Morgan fingerprint density at radius 3 is 3.00 bits per heavy atom. The SMILES string of the molecule is CCOC(=O)C[C@H](N)c1cc(Br)cs1. The van der Waals surface area contributed by atoms with E-state index in [9.17, 15) is 4.79 Å². The molecule has 0 aromatic carbocycles. The quantitative estimate of drug-likeness (QED) is 0.861. The first-order valence-electron chi connectivity index (χ1n) is 4.28. The van der Waals surface area contributed by atoms with Crippen LogP contribution in [0, 0.1) is 0 Å². The Bertz CT molecular complexity index is 314. The number of ether oxygens (including phenoxy) is 1. The number of hydrogen-bond donors (Lipinski definition) is 1. The zero-order valence-corrected chi connectivity index (χ0v) is 10.2. The molecule has 14 heavy (non-hydrogen) atoms. The number of carbonyl (C=O) groups is 1. The topological polar surface area (TPSA) is 52.3 Å². The summed E-state index contributed by atoms with van der Waals surface area (Å²) in [7, 11) is 0. The van der Waals surface area contributed by atoms with Gasteiger partial charge in [0.15, 0.2) is 0 Å². The van der Waals surface area contributed by atoms with Gasteiger partial charge in [0.1, 0.15) is 0 Å². The third kappa shape index (κ3) is 3.40. The molecule has 0 unspecified atom stereocenters. The number of thiophene rings is 1. The van der Waals surface area contributed by atoms with Crippen LogP contribution in [0.15, 0.2) is 15.9 Å². The molecule has 0 aliphatic rings. The van der Waals surface area contributed by atoms with Gasteiger partial charge in [-0.05, 0) is 28.9 Å². The molecule has 0 saturated heterocycles. The van der Waals surface area contributed by atoms with Crippen LogP contribution < -0.4 is 5.73 Å². The lowest BCUT2D eigenvalue weighted by atomic mass is 10.2. The Balaban J connectivity index is 2.50. The Kier molecular flexibility index (Phi) is 4.57. The van der Waals surface area contributed by atoms with Crippen molar-refractivity contribution in [2.75, 3.05) is 6.61 Å². The van der Waals surface area contributed by atoms with E-state index in [-0.39, 0.29) is 18.4 Å². The molecule has 1 atom stereocenters. The predicted molar refractivity (Wildman–Crippen MR) is 60.2 cm³/mol. The Morgan fingerprint density at radius 1 is 1.79 bits per heavy atom. The maximum Gasteiger partial charge on any atom is 0.307 e. The Labute approximate surface area is 95.4 Å². The lowest BCUT2D eigenvalue weighted by Crippen LogP contribution is -2.16. The molecule has 5 heteroatoms. The Hall–Kier alpha value is -0.390. The second-order valence-electron chi connectivity index (χ2n) is 2.78. The number of halogens is 1. The minimum absolute atomic E-state index is 0.237. The highest BCUT2D eigenvalue weighted by atomic mass is 79.9. The number of carbonyl (C=O) groups excluding carboxylic acids is 1. The van der Waals surface area contributed by atoms with Gasteiger partial charge in [-0.25, -0.2) is 0 Å². The van der Waals surface area contributed by atoms with Crippen molar-refractivity contribution in [2.24, 2.45) is 5.73 Å². The second kappa shape index (κ2) is 5.48. The lowest BCUT2D eigenvalue weighted by molar-refractivity contribution is -0.143. The van der Waals surface area contributed by atoms with E-state index in [0.717, 1.165) is 9.35 Å². The molecular weight excluding hydrogens is 266 g/mol. The van der Waals surface area contributed by atoms with E-state index in [4.69, 9.17) is 10.5 Å². The van der Waals surface area contributed by atoms with E-state index in [1.165, 1.54) is 11.3 Å². The maximum absolute atomic E-state index is 11.1. The van der Waals surface area contributed by atoms with Gasteiger partial charge in [0, 0.05) is 20.8 Å². The van der Waals surface area contributed by atoms with Crippen LogP contribution in [0.5, 0.6) is 0 Å². The first-order chi connectivity index (χ1) is 6.63. The summed E-state index contributed by atoms with van der Waals surface area (Å²) >= 11 is 4.87. The predicted octanol–water partition coefficient (Wildman–Crippen LogP) is 2.46. The molecule has 1 heterocycles. The van der Waals surface area contributed by atoms with Gasteiger partial charge in [-0.2, -0.15) is 0 Å². The summed E-state index contributed by atoms with van der Waals surface area (Å²) in [5.41, 5.74) is 5.83. The van der Waals surface area contributed by atoms with Gasteiger partial charge in [-0.15, -0.1) is 11.3 Å². The highest BCUT2D eigenvalue weighted by Crippen LogP contribution is 2.26. The number of esters is 1. The molecule has 78 valence electrons. The van der Waals surface area contributed by atoms with Crippen molar-refractivity contribution in [3.63, 3.8) is 0 Å². The summed E-state index contributed by atoms with van der Waals surface area (Å²) < 4.78 is 5.81. The van der Waals surface area contributed by atoms with E-state index >= 15 is 0 Å². The summed E-state index contributed by atoms with van der Waals surface area (Å²) in [6, 6.07) is 1.67. The van der Waals surface area contributed by atoms with Crippen LogP contribution in [0.1, 0.15) is 24.3 Å². The molecule has 1 aromatic heterocycles. The van der Waals surface area contributed by atoms with Crippen molar-refractivity contribution >= 4 is 33.2 Å². The smallest absolute Gasteiger partial charge is 0.307 e. The number of hydrogen-bond acceptors (Lipinski definition) is 4. The summed E-state index contributed by atoms with van der Waals surface area (Å²) in [5.74, 6) is -0.246. The second-order valence-corrected chi connectivity index (χ2v) is 4.64. The standard InChI is InChI=1S/C9H12BrNO2S/c1-2-13-9(12)4-7(11)8-3-6(10)5-14-8/h3,5,7H,2,4,11H2,1H3/t7-/m0/s1. The fourth-order valence-corrected chi connectivity index (χ4v) is 2.47. The van der Waals surface area contributed by atoms with Crippen molar-refractivity contribution in [1.82, 2.24) is 0 Å². The first kappa shape index (κ1) is 11.7. The van der Waals surface area contributed by atoms with Crippen LogP contribution in [0.25, 0.3) is 0 Å². The van der Waals surface area contributed by atoms with E-state index < -0.39 is 0 Å². The van der Waals surface area contributed by atoms with Crippen molar-refractivity contribution in [1.29, 1.82) is 0 Å². The van der Waals surface area contributed by atoms with Gasteiger partial charge in [0.25, 0.3) is 0 Å². The van der Waals surface area contributed by atoms with Gasteiger partial charge in [-0.1, -0.05) is 0 Å². The molecular formula is C9H12BrNO2S. The average molecular weight is 278 g/mol. The largest absolute Gasteiger partial charge is 0.466 e. The molecule has 1 rings (SSSR count). The molecule has 0 spiro atoms. The van der Waals surface area contributed by atoms with Gasteiger partial charge in [0.2, 0.25) is 0 Å². The van der Waals surface area contributed by atoms with Crippen molar-refractivity contribution in [3.8, 4) is 0 Å². The summed E-state index contributed by atoms with van der Waals surface area (Å²) in [6.45, 7) is 2.19. The third-order valence-electron chi connectivity index (χ3n) is 1.65. The molecule has 3 nitrogen and oxygen atoms in total. The zero-order chi connectivity index (χ0) is 10.6. The zero-order valence-electron chi connectivity index (χ0n) is 7.83. The molecule has 0 saturated carbocycles. The van der Waals surface area contributed by atoms with Gasteiger partial charge >= 0.3 is 5.97 Å². The Morgan fingerprint density at radius 2 is 2.50 bits per heavy atom. The fourth-order valence-electron chi connectivity index (χ4n) is 1.02. The first-order valence-corrected chi connectivity index (χ1v) is 5.96. The normalized spacial score (nSPS) is 12.5. The van der Waals surface area contributed by atoms with E-state index in [1.54, 1.807) is 6.92 Å². The van der Waals surface area contributed by atoms with Crippen LogP contribution in [-0.4, -0.2) is 12.6 Å². The summed E-state index contributed by atoms with van der Waals surface area (Å²) in [5, 5.41) is 1.94.